The molecule has 0 aliphatic carbocycles. The van der Waals surface area contributed by atoms with E-state index in [0.717, 1.165) is 17.5 Å². The monoisotopic (exact) mass is 384 g/mol. The molecule has 0 saturated carbocycles. The third kappa shape index (κ3) is 2.85. The van der Waals surface area contributed by atoms with E-state index in [1.165, 1.54) is 15.0 Å². The van der Waals surface area contributed by atoms with Crippen LogP contribution in [0.2, 0.25) is 0 Å². The smallest absolute Gasteiger partial charge is 0.157 e. The molecule has 27 heavy (non-hydrogen) atoms. The highest BCUT2D eigenvalue weighted by atomic mass is 32.1. The van der Waals surface area contributed by atoms with E-state index < -0.39 is 30.5 Å². The minimum atomic E-state index is -1.16. The van der Waals surface area contributed by atoms with E-state index in [0.29, 0.717) is 5.75 Å². The van der Waals surface area contributed by atoms with Crippen molar-refractivity contribution in [2.75, 3.05) is 6.61 Å². The number of aliphatic hydroxyl groups is 3. The molecule has 1 aromatic heterocycles. The molecule has 5 nitrogen and oxygen atoms in total. The molecule has 3 N–H and O–H groups in total. The topological polar surface area (TPSA) is 79.2 Å². The molecule has 2 aromatic carbocycles. The van der Waals surface area contributed by atoms with E-state index in [1.807, 2.05) is 30.3 Å². The zero-order chi connectivity index (χ0) is 18.5. The number of fused-ring (bicyclic) bond motifs is 4. The Bertz CT molecular complexity index is 951. The first kappa shape index (κ1) is 17.2. The Balaban J connectivity index is 1.44. The minimum absolute atomic E-state index is 0.349. The van der Waals surface area contributed by atoms with Gasteiger partial charge in [-0.1, -0.05) is 24.3 Å². The maximum atomic E-state index is 10.3. The largest absolute Gasteiger partial charge is 0.484 e. The molecule has 1 fully saturated rings. The van der Waals surface area contributed by atoms with Crippen LogP contribution in [0.4, 0.5) is 0 Å². The molecular formula is C21H20O5S. The Hall–Kier alpha value is -1.96. The predicted molar refractivity (Wildman–Crippen MR) is 102 cm³/mol. The molecule has 6 heteroatoms. The lowest BCUT2D eigenvalue weighted by molar-refractivity contribution is -0.215. The van der Waals surface area contributed by atoms with Gasteiger partial charge in [0.15, 0.2) is 6.10 Å². The highest BCUT2D eigenvalue weighted by molar-refractivity contribution is 7.19. The number of hydrogen-bond acceptors (Lipinski definition) is 6. The molecule has 0 bridgehead atoms. The van der Waals surface area contributed by atoms with Crippen molar-refractivity contribution in [3.8, 4) is 5.75 Å². The van der Waals surface area contributed by atoms with Crippen molar-refractivity contribution in [1.29, 1.82) is 0 Å². The van der Waals surface area contributed by atoms with E-state index in [1.54, 1.807) is 11.3 Å². The SMILES string of the molecule is OC[C@H]1O[C@H]2c3cc(Cc4cc5ccccc5s4)ccc3O[C@H]2[C@@H](O)[C@@H]1O. The van der Waals surface area contributed by atoms with Crippen LogP contribution in [0.15, 0.2) is 48.5 Å². The molecule has 0 spiro atoms. The van der Waals surface area contributed by atoms with Gasteiger partial charge < -0.3 is 24.8 Å². The maximum absolute atomic E-state index is 10.3. The summed E-state index contributed by atoms with van der Waals surface area (Å²) in [6, 6.07) is 16.5. The summed E-state index contributed by atoms with van der Waals surface area (Å²) in [6.45, 7) is -0.349. The van der Waals surface area contributed by atoms with Gasteiger partial charge in [0.05, 0.1) is 6.61 Å². The molecule has 0 radical (unpaired) electrons. The second-order valence-corrected chi connectivity index (χ2v) is 8.31. The summed E-state index contributed by atoms with van der Waals surface area (Å²) in [6.07, 6.45) is -3.42. The van der Waals surface area contributed by atoms with Gasteiger partial charge in [-0.05, 0) is 35.2 Å². The van der Waals surface area contributed by atoms with Crippen molar-refractivity contribution in [1.82, 2.24) is 0 Å². The maximum Gasteiger partial charge on any atom is 0.157 e. The van der Waals surface area contributed by atoms with Crippen LogP contribution in [0, 0.1) is 0 Å². The quantitative estimate of drug-likeness (QED) is 0.646. The summed E-state index contributed by atoms with van der Waals surface area (Å²) in [5.41, 5.74) is 2.00. The number of benzene rings is 2. The summed E-state index contributed by atoms with van der Waals surface area (Å²) in [5.74, 6) is 0.662. The van der Waals surface area contributed by atoms with Gasteiger partial charge in [0.25, 0.3) is 0 Å². The van der Waals surface area contributed by atoms with Gasteiger partial charge >= 0.3 is 0 Å². The van der Waals surface area contributed by atoms with Crippen molar-refractivity contribution in [3.63, 3.8) is 0 Å². The van der Waals surface area contributed by atoms with Gasteiger partial charge in [0, 0.05) is 21.6 Å². The van der Waals surface area contributed by atoms with E-state index in [-0.39, 0.29) is 6.61 Å². The van der Waals surface area contributed by atoms with Crippen molar-refractivity contribution >= 4 is 21.4 Å². The van der Waals surface area contributed by atoms with Crippen LogP contribution in [0.3, 0.4) is 0 Å². The lowest BCUT2D eigenvalue weighted by Gasteiger charge is -2.38. The van der Waals surface area contributed by atoms with Gasteiger partial charge in [-0.3, -0.25) is 0 Å². The van der Waals surface area contributed by atoms with Crippen LogP contribution in [-0.2, 0) is 11.2 Å². The zero-order valence-corrected chi connectivity index (χ0v) is 15.3. The lowest BCUT2D eigenvalue weighted by atomic mass is 9.92. The van der Waals surface area contributed by atoms with Crippen molar-refractivity contribution in [3.05, 3.63) is 64.5 Å². The zero-order valence-electron chi connectivity index (χ0n) is 14.5. The molecular weight excluding hydrogens is 364 g/mol. The second kappa shape index (κ2) is 6.58. The fraction of sp³-hybridized carbons (Fsp3) is 0.333. The standard InChI is InChI=1S/C21H20O5S/c22-10-16-18(23)19(24)21-20(26-16)14-8-11(5-6-15(14)25-21)7-13-9-12-3-1-2-4-17(12)27-13/h1-6,8-9,16,18-24H,7,10H2/t16-,18-,19+,20+,21+/m1/s1. The summed E-state index contributed by atoms with van der Waals surface area (Å²) in [7, 11) is 0. The van der Waals surface area contributed by atoms with Crippen LogP contribution >= 0.6 is 11.3 Å². The molecule has 3 aromatic rings. The molecule has 0 amide bonds. The molecule has 2 aliphatic heterocycles. The van der Waals surface area contributed by atoms with Gasteiger partial charge in [0.1, 0.15) is 30.2 Å². The predicted octanol–water partition coefficient (Wildman–Crippen LogP) is 2.41. The van der Waals surface area contributed by atoms with E-state index in [9.17, 15) is 15.3 Å². The van der Waals surface area contributed by atoms with Crippen molar-refractivity contribution < 1.29 is 24.8 Å². The van der Waals surface area contributed by atoms with E-state index in [4.69, 9.17) is 9.47 Å². The first-order valence-electron chi connectivity index (χ1n) is 9.03. The summed E-state index contributed by atoms with van der Waals surface area (Å²) < 4.78 is 12.9. The number of thiophene rings is 1. The normalized spacial score (nSPS) is 29.4. The second-order valence-electron chi connectivity index (χ2n) is 7.14. The Morgan fingerprint density at radius 1 is 1.00 bits per heavy atom. The fourth-order valence-electron chi connectivity index (χ4n) is 3.98. The van der Waals surface area contributed by atoms with Gasteiger partial charge in [-0.15, -0.1) is 11.3 Å². The Morgan fingerprint density at radius 2 is 1.85 bits per heavy atom. The van der Waals surface area contributed by atoms with Crippen LogP contribution in [0.5, 0.6) is 5.75 Å². The first-order valence-corrected chi connectivity index (χ1v) is 9.85. The average Bonchev–Trinajstić information content (AvgIpc) is 3.25. The summed E-state index contributed by atoms with van der Waals surface area (Å²) >= 11 is 1.78. The minimum Gasteiger partial charge on any atom is -0.484 e. The van der Waals surface area contributed by atoms with Crippen molar-refractivity contribution in [2.45, 2.75) is 36.9 Å². The molecule has 2 aliphatic rings. The third-order valence-electron chi connectivity index (χ3n) is 5.37. The molecule has 0 unspecified atom stereocenters. The van der Waals surface area contributed by atoms with Gasteiger partial charge in [-0.2, -0.15) is 0 Å². The van der Waals surface area contributed by atoms with Gasteiger partial charge in [-0.25, -0.2) is 0 Å². The van der Waals surface area contributed by atoms with E-state index in [2.05, 4.69) is 18.2 Å². The lowest BCUT2D eigenvalue weighted by Crippen LogP contribution is -2.55. The molecule has 140 valence electrons. The number of rotatable bonds is 3. The van der Waals surface area contributed by atoms with Crippen LogP contribution in [-0.4, -0.2) is 46.3 Å². The highest BCUT2D eigenvalue weighted by Gasteiger charge is 2.50. The Labute approximate surface area is 160 Å². The molecule has 5 rings (SSSR count). The molecule has 1 saturated heterocycles. The Kier molecular flexibility index (Phi) is 4.18. The summed E-state index contributed by atoms with van der Waals surface area (Å²) in [5, 5.41) is 31.1. The van der Waals surface area contributed by atoms with Gasteiger partial charge in [0.2, 0.25) is 0 Å². The molecule has 5 atom stereocenters. The summed E-state index contributed by atoms with van der Waals surface area (Å²) in [4.78, 5) is 1.28. The first-order chi connectivity index (χ1) is 13.1. The Morgan fingerprint density at radius 3 is 2.67 bits per heavy atom. The van der Waals surface area contributed by atoms with Crippen molar-refractivity contribution in [2.24, 2.45) is 0 Å². The highest BCUT2D eigenvalue weighted by Crippen LogP contribution is 2.45. The number of aliphatic hydroxyl groups excluding tert-OH is 3. The fourth-order valence-corrected chi connectivity index (χ4v) is 5.08. The number of ether oxygens (including phenoxy) is 2. The van der Waals surface area contributed by atoms with E-state index >= 15 is 0 Å². The van der Waals surface area contributed by atoms with Crippen LogP contribution < -0.4 is 4.74 Å². The number of hydrogen-bond donors (Lipinski definition) is 3. The average molecular weight is 384 g/mol. The van der Waals surface area contributed by atoms with Crippen LogP contribution in [0.25, 0.3) is 10.1 Å². The molecule has 3 heterocycles. The van der Waals surface area contributed by atoms with Crippen LogP contribution in [0.1, 0.15) is 22.1 Å². The third-order valence-corrected chi connectivity index (χ3v) is 6.48.